The first-order valence-electron chi connectivity index (χ1n) is 8.78. The summed E-state index contributed by atoms with van der Waals surface area (Å²) >= 11 is 0. The van der Waals surface area contributed by atoms with Crippen molar-refractivity contribution in [2.75, 3.05) is 13.6 Å². The number of amides is 1. The topological polar surface area (TPSA) is 64.4 Å². The molecule has 2 aromatic rings. The number of nitrogens with zero attached hydrogens (tertiary/aromatic N) is 3. The molecule has 1 aromatic carbocycles. The number of esters is 1. The van der Waals surface area contributed by atoms with Crippen LogP contribution in [0.5, 0.6) is 0 Å². The summed E-state index contributed by atoms with van der Waals surface area (Å²) in [5.41, 5.74) is 1.24. The molecule has 0 aliphatic rings. The zero-order valence-electron chi connectivity index (χ0n) is 15.9. The lowest BCUT2D eigenvalue weighted by Crippen LogP contribution is -2.29. The van der Waals surface area contributed by atoms with Crippen molar-refractivity contribution < 1.29 is 14.3 Å². The lowest BCUT2D eigenvalue weighted by molar-refractivity contribution is -0.154. The lowest BCUT2D eigenvalue weighted by Gasteiger charge is -2.20. The molecule has 0 bridgehead atoms. The van der Waals surface area contributed by atoms with Gasteiger partial charge in [0.1, 0.15) is 5.60 Å². The molecule has 0 atom stereocenters. The van der Waals surface area contributed by atoms with E-state index in [-0.39, 0.29) is 11.9 Å². The predicted octanol–water partition coefficient (Wildman–Crippen LogP) is 3.13. The molecule has 0 unspecified atom stereocenters. The highest BCUT2D eigenvalue weighted by Gasteiger charge is 2.17. The molecular weight excluding hydrogens is 330 g/mol. The number of rotatable bonds is 7. The van der Waals surface area contributed by atoms with Crippen LogP contribution in [0, 0.1) is 0 Å². The van der Waals surface area contributed by atoms with Crippen LogP contribution in [0.25, 0.3) is 0 Å². The largest absolute Gasteiger partial charge is 0.460 e. The first-order valence-corrected chi connectivity index (χ1v) is 8.78. The van der Waals surface area contributed by atoms with Gasteiger partial charge in [0, 0.05) is 38.0 Å². The Morgan fingerprint density at radius 3 is 2.46 bits per heavy atom. The molecule has 0 spiro atoms. The van der Waals surface area contributed by atoms with E-state index in [1.807, 2.05) is 62.0 Å². The van der Waals surface area contributed by atoms with E-state index in [1.165, 1.54) is 0 Å². The Hall–Kier alpha value is -2.63. The van der Waals surface area contributed by atoms with Crippen molar-refractivity contribution in [2.45, 2.75) is 45.8 Å². The summed E-state index contributed by atoms with van der Waals surface area (Å²) in [7, 11) is 1.75. The van der Waals surface area contributed by atoms with E-state index in [1.54, 1.807) is 18.1 Å². The van der Waals surface area contributed by atoms with Gasteiger partial charge in [-0.2, -0.15) is 5.10 Å². The first kappa shape index (κ1) is 19.7. The Bertz CT molecular complexity index is 716. The standard InChI is InChI=1S/C20H27N3O3/c1-20(2,3)26-18(24)7-5-13-22(4)19(25)17-10-8-16(9-11-17)15-23-14-6-12-21-23/h6,8-12,14H,5,7,13,15H2,1-4H3. The Kier molecular flexibility index (Phi) is 6.55. The fourth-order valence-electron chi connectivity index (χ4n) is 2.51. The van der Waals surface area contributed by atoms with Crippen LogP contribution in [0.4, 0.5) is 0 Å². The van der Waals surface area contributed by atoms with Gasteiger partial charge in [-0.3, -0.25) is 14.3 Å². The Morgan fingerprint density at radius 2 is 1.88 bits per heavy atom. The first-order chi connectivity index (χ1) is 12.2. The Balaban J connectivity index is 1.81. The van der Waals surface area contributed by atoms with E-state index in [4.69, 9.17) is 4.74 Å². The third-order valence-corrected chi connectivity index (χ3v) is 3.75. The van der Waals surface area contributed by atoms with Crippen LogP contribution in [0.2, 0.25) is 0 Å². The Morgan fingerprint density at radius 1 is 1.19 bits per heavy atom. The molecule has 1 heterocycles. The molecule has 6 nitrogen and oxygen atoms in total. The van der Waals surface area contributed by atoms with Gasteiger partial charge in [0.25, 0.3) is 5.91 Å². The molecule has 0 N–H and O–H groups in total. The molecule has 6 heteroatoms. The van der Waals surface area contributed by atoms with Crippen molar-refractivity contribution >= 4 is 11.9 Å². The third-order valence-electron chi connectivity index (χ3n) is 3.75. The SMILES string of the molecule is CN(CCCC(=O)OC(C)(C)C)C(=O)c1ccc(Cn2cccn2)cc1. The normalized spacial score (nSPS) is 11.2. The van der Waals surface area contributed by atoms with Gasteiger partial charge in [0.2, 0.25) is 0 Å². The van der Waals surface area contributed by atoms with E-state index in [0.29, 0.717) is 31.5 Å². The summed E-state index contributed by atoms with van der Waals surface area (Å²) in [6.07, 6.45) is 4.52. The fourth-order valence-corrected chi connectivity index (χ4v) is 2.51. The maximum Gasteiger partial charge on any atom is 0.306 e. The number of hydrogen-bond acceptors (Lipinski definition) is 4. The van der Waals surface area contributed by atoms with Crippen LogP contribution in [0.15, 0.2) is 42.7 Å². The van der Waals surface area contributed by atoms with Crippen LogP contribution < -0.4 is 0 Å². The summed E-state index contributed by atoms with van der Waals surface area (Å²) in [5, 5.41) is 4.17. The third kappa shape index (κ3) is 6.35. The maximum atomic E-state index is 12.5. The molecule has 1 aromatic heterocycles. The highest BCUT2D eigenvalue weighted by atomic mass is 16.6. The van der Waals surface area contributed by atoms with Crippen LogP contribution >= 0.6 is 0 Å². The zero-order chi connectivity index (χ0) is 19.2. The van der Waals surface area contributed by atoms with Gasteiger partial charge in [-0.1, -0.05) is 12.1 Å². The highest BCUT2D eigenvalue weighted by Crippen LogP contribution is 2.11. The van der Waals surface area contributed by atoms with E-state index in [0.717, 1.165) is 5.56 Å². The molecule has 140 valence electrons. The number of hydrogen-bond donors (Lipinski definition) is 0. The van der Waals surface area contributed by atoms with Gasteiger partial charge >= 0.3 is 5.97 Å². The van der Waals surface area contributed by atoms with E-state index < -0.39 is 5.60 Å². The second kappa shape index (κ2) is 8.65. The van der Waals surface area contributed by atoms with Crippen molar-refractivity contribution in [1.82, 2.24) is 14.7 Å². The molecule has 0 fully saturated rings. The molecule has 26 heavy (non-hydrogen) atoms. The van der Waals surface area contributed by atoms with E-state index in [9.17, 15) is 9.59 Å². The molecule has 2 rings (SSSR count). The van der Waals surface area contributed by atoms with Gasteiger partial charge in [0.05, 0.1) is 6.54 Å². The van der Waals surface area contributed by atoms with Crippen LogP contribution in [0.1, 0.15) is 49.5 Å². The second-order valence-electron chi connectivity index (χ2n) is 7.32. The average molecular weight is 357 g/mol. The highest BCUT2D eigenvalue weighted by molar-refractivity contribution is 5.94. The van der Waals surface area contributed by atoms with Crippen LogP contribution in [-0.2, 0) is 16.1 Å². The monoisotopic (exact) mass is 357 g/mol. The minimum atomic E-state index is -0.475. The fraction of sp³-hybridized carbons (Fsp3) is 0.450. The molecule has 0 saturated carbocycles. The van der Waals surface area contributed by atoms with E-state index in [2.05, 4.69) is 5.10 Å². The summed E-state index contributed by atoms with van der Waals surface area (Å²) < 4.78 is 7.10. The number of benzene rings is 1. The Labute approximate surface area is 154 Å². The molecule has 0 aliphatic heterocycles. The second-order valence-corrected chi connectivity index (χ2v) is 7.32. The molecule has 1 amide bonds. The maximum absolute atomic E-state index is 12.5. The van der Waals surface area contributed by atoms with Crippen molar-refractivity contribution in [3.8, 4) is 0 Å². The molecule has 0 saturated heterocycles. The van der Waals surface area contributed by atoms with Crippen molar-refractivity contribution in [3.63, 3.8) is 0 Å². The predicted molar refractivity (Wildman–Crippen MR) is 99.8 cm³/mol. The van der Waals surface area contributed by atoms with Gasteiger partial charge < -0.3 is 9.64 Å². The number of ether oxygens (including phenoxy) is 1. The number of carbonyl (C=O) groups is 2. The lowest BCUT2D eigenvalue weighted by atomic mass is 10.1. The molecule has 0 radical (unpaired) electrons. The van der Waals surface area contributed by atoms with Gasteiger partial charge in [-0.25, -0.2) is 0 Å². The summed E-state index contributed by atoms with van der Waals surface area (Å²) in [6.45, 7) is 6.71. The summed E-state index contributed by atoms with van der Waals surface area (Å²) in [4.78, 5) is 25.8. The zero-order valence-corrected chi connectivity index (χ0v) is 15.9. The van der Waals surface area contributed by atoms with Crippen molar-refractivity contribution in [1.29, 1.82) is 0 Å². The number of carbonyl (C=O) groups excluding carboxylic acids is 2. The number of aromatic nitrogens is 2. The van der Waals surface area contributed by atoms with Crippen molar-refractivity contribution in [3.05, 3.63) is 53.9 Å². The van der Waals surface area contributed by atoms with E-state index >= 15 is 0 Å². The molecular formula is C20H27N3O3. The molecule has 0 aliphatic carbocycles. The smallest absolute Gasteiger partial charge is 0.306 e. The summed E-state index contributed by atoms with van der Waals surface area (Å²) in [6, 6.07) is 9.40. The van der Waals surface area contributed by atoms with Gasteiger partial charge in [-0.05, 0) is 51.0 Å². The quantitative estimate of drug-likeness (QED) is 0.714. The minimum Gasteiger partial charge on any atom is -0.460 e. The van der Waals surface area contributed by atoms with Gasteiger partial charge in [0.15, 0.2) is 0 Å². The van der Waals surface area contributed by atoms with Crippen LogP contribution in [0.3, 0.4) is 0 Å². The average Bonchev–Trinajstić information content (AvgIpc) is 3.06. The van der Waals surface area contributed by atoms with Crippen molar-refractivity contribution in [2.24, 2.45) is 0 Å². The van der Waals surface area contributed by atoms with Crippen LogP contribution in [-0.4, -0.2) is 45.8 Å². The minimum absolute atomic E-state index is 0.0557. The summed E-state index contributed by atoms with van der Waals surface area (Å²) in [5.74, 6) is -0.291. The van der Waals surface area contributed by atoms with Gasteiger partial charge in [-0.15, -0.1) is 0 Å².